The summed E-state index contributed by atoms with van der Waals surface area (Å²) in [6, 6.07) is 2.80. The Kier molecular flexibility index (Phi) is 5.03. The minimum atomic E-state index is -3.06. The summed E-state index contributed by atoms with van der Waals surface area (Å²) in [7, 11) is 2.98. The molecule has 1 aromatic rings. The van der Waals surface area contributed by atoms with Crippen LogP contribution in [0.3, 0.4) is 0 Å². The highest BCUT2D eigenvalue weighted by molar-refractivity contribution is 7.91. The topological polar surface area (TPSA) is 82.1 Å². The predicted molar refractivity (Wildman–Crippen MR) is 85.3 cm³/mol. The first kappa shape index (κ1) is 17.4. The molecule has 1 atom stereocenters. The maximum Gasteiger partial charge on any atom is 0.254 e. The van der Waals surface area contributed by atoms with Crippen molar-refractivity contribution in [1.82, 2.24) is 4.90 Å². The first-order chi connectivity index (χ1) is 10.8. The molecule has 8 heteroatoms. The number of methoxy groups -OCH3 is 3. The van der Waals surface area contributed by atoms with Crippen molar-refractivity contribution in [2.75, 3.05) is 39.9 Å². The molecule has 1 aliphatic rings. The van der Waals surface area contributed by atoms with Gasteiger partial charge in [-0.1, -0.05) is 0 Å². The first-order valence-corrected chi connectivity index (χ1v) is 8.92. The molecule has 0 N–H and O–H groups in total. The zero-order chi connectivity index (χ0) is 17.2. The minimum Gasteiger partial charge on any atom is -0.493 e. The molecule has 0 aromatic heterocycles. The molecule has 7 nitrogen and oxygen atoms in total. The largest absolute Gasteiger partial charge is 0.493 e. The van der Waals surface area contributed by atoms with Gasteiger partial charge in [-0.25, -0.2) is 8.42 Å². The Bertz CT molecular complexity index is 675. The second-order valence-electron chi connectivity index (χ2n) is 5.39. The average Bonchev–Trinajstić information content (AvgIpc) is 2.91. The normalized spacial score (nSPS) is 19.2. The highest BCUT2D eigenvalue weighted by Gasteiger charge is 2.33. The molecule has 0 saturated carbocycles. The van der Waals surface area contributed by atoms with Gasteiger partial charge in [0.2, 0.25) is 5.75 Å². The third kappa shape index (κ3) is 3.52. The lowest BCUT2D eigenvalue weighted by Crippen LogP contribution is -2.37. The van der Waals surface area contributed by atoms with Gasteiger partial charge in [-0.05, 0) is 18.6 Å². The van der Waals surface area contributed by atoms with E-state index in [1.54, 1.807) is 19.2 Å². The number of nitrogens with zero attached hydrogens (tertiary/aromatic N) is 1. The molecule has 1 heterocycles. The van der Waals surface area contributed by atoms with Crippen molar-refractivity contribution in [3.05, 3.63) is 17.7 Å². The fraction of sp³-hybridized carbons (Fsp3) is 0.533. The molecule has 0 bridgehead atoms. The van der Waals surface area contributed by atoms with E-state index in [0.717, 1.165) is 0 Å². The number of sulfone groups is 1. The standard InChI is InChI=1S/C15H21NO6S/c1-16(11-5-6-23(18,19)9-11)15(17)10-7-12(20-2)14(22-4)13(8-10)21-3/h7-8,11H,5-6,9H2,1-4H3. The Balaban J connectivity index is 2.32. The van der Waals surface area contributed by atoms with Gasteiger partial charge in [-0.2, -0.15) is 0 Å². The number of benzene rings is 1. The SMILES string of the molecule is COc1cc(C(=O)N(C)C2CCS(=O)(=O)C2)cc(OC)c1OC. The lowest BCUT2D eigenvalue weighted by Gasteiger charge is -2.24. The average molecular weight is 343 g/mol. The van der Waals surface area contributed by atoms with Crippen molar-refractivity contribution in [2.24, 2.45) is 0 Å². The quantitative estimate of drug-likeness (QED) is 0.792. The second-order valence-corrected chi connectivity index (χ2v) is 7.62. The number of carbonyl (C=O) groups is 1. The van der Waals surface area contributed by atoms with Gasteiger partial charge in [0.1, 0.15) is 0 Å². The Labute approximate surface area is 136 Å². The number of hydrogen-bond acceptors (Lipinski definition) is 6. The summed E-state index contributed by atoms with van der Waals surface area (Å²) in [5.41, 5.74) is 0.353. The summed E-state index contributed by atoms with van der Waals surface area (Å²) in [6.45, 7) is 0. The lowest BCUT2D eigenvalue weighted by atomic mass is 10.1. The van der Waals surface area contributed by atoms with E-state index in [0.29, 0.717) is 29.2 Å². The van der Waals surface area contributed by atoms with Gasteiger partial charge in [-0.15, -0.1) is 0 Å². The van der Waals surface area contributed by atoms with Crippen molar-refractivity contribution in [1.29, 1.82) is 0 Å². The van der Waals surface area contributed by atoms with Crippen molar-refractivity contribution in [2.45, 2.75) is 12.5 Å². The third-order valence-corrected chi connectivity index (χ3v) is 5.74. The fourth-order valence-corrected chi connectivity index (χ4v) is 4.43. The van der Waals surface area contributed by atoms with E-state index in [2.05, 4.69) is 0 Å². The number of ether oxygens (including phenoxy) is 3. The summed E-state index contributed by atoms with van der Waals surface area (Å²) in [5, 5.41) is 0. The predicted octanol–water partition coefficient (Wildman–Crippen LogP) is 0.972. The molecule has 2 rings (SSSR count). The molecule has 1 amide bonds. The van der Waals surface area contributed by atoms with Gasteiger partial charge in [0, 0.05) is 18.7 Å². The molecule has 1 fully saturated rings. The van der Waals surface area contributed by atoms with Crippen LogP contribution in [0.5, 0.6) is 17.2 Å². The molecule has 1 saturated heterocycles. The zero-order valence-corrected chi connectivity index (χ0v) is 14.5. The summed E-state index contributed by atoms with van der Waals surface area (Å²) < 4.78 is 38.9. The number of carbonyl (C=O) groups excluding carboxylic acids is 1. The molecular weight excluding hydrogens is 322 g/mol. The van der Waals surface area contributed by atoms with E-state index in [-0.39, 0.29) is 23.5 Å². The molecule has 0 radical (unpaired) electrons. The third-order valence-electron chi connectivity index (χ3n) is 3.99. The van der Waals surface area contributed by atoms with Gasteiger partial charge in [-0.3, -0.25) is 4.79 Å². The second kappa shape index (κ2) is 6.66. The molecule has 0 spiro atoms. The van der Waals surface area contributed by atoms with E-state index >= 15 is 0 Å². The van der Waals surface area contributed by atoms with E-state index in [1.807, 2.05) is 0 Å². The van der Waals surface area contributed by atoms with Crippen molar-refractivity contribution in [3.63, 3.8) is 0 Å². The molecule has 1 aromatic carbocycles. The van der Waals surface area contributed by atoms with Crippen LogP contribution in [0.2, 0.25) is 0 Å². The maximum atomic E-state index is 12.7. The van der Waals surface area contributed by atoms with E-state index in [1.165, 1.54) is 26.2 Å². The van der Waals surface area contributed by atoms with Gasteiger partial charge in [0.15, 0.2) is 21.3 Å². The highest BCUT2D eigenvalue weighted by Crippen LogP contribution is 2.38. The van der Waals surface area contributed by atoms with Crippen LogP contribution in [0.25, 0.3) is 0 Å². The smallest absolute Gasteiger partial charge is 0.254 e. The number of rotatable bonds is 5. The van der Waals surface area contributed by atoms with Crippen molar-refractivity contribution >= 4 is 15.7 Å². The molecule has 0 aliphatic carbocycles. The van der Waals surface area contributed by atoms with Gasteiger partial charge in [0.05, 0.1) is 32.8 Å². The van der Waals surface area contributed by atoms with Crippen LogP contribution in [0, 0.1) is 0 Å². The van der Waals surface area contributed by atoms with E-state index < -0.39 is 9.84 Å². The Hall–Kier alpha value is -1.96. The summed E-state index contributed by atoms with van der Waals surface area (Å²) in [4.78, 5) is 14.1. The van der Waals surface area contributed by atoms with E-state index in [9.17, 15) is 13.2 Å². The van der Waals surface area contributed by atoms with Crippen molar-refractivity contribution in [3.8, 4) is 17.2 Å². The Morgan fingerprint density at radius 1 is 1.13 bits per heavy atom. The van der Waals surface area contributed by atoms with Crippen molar-refractivity contribution < 1.29 is 27.4 Å². The van der Waals surface area contributed by atoms with Crippen LogP contribution < -0.4 is 14.2 Å². The van der Waals surface area contributed by atoms with Crippen LogP contribution in [0.15, 0.2) is 12.1 Å². The van der Waals surface area contributed by atoms with Crippen LogP contribution in [-0.4, -0.2) is 65.1 Å². The monoisotopic (exact) mass is 343 g/mol. The van der Waals surface area contributed by atoms with Crippen LogP contribution in [-0.2, 0) is 9.84 Å². The number of amides is 1. The Morgan fingerprint density at radius 3 is 2.09 bits per heavy atom. The molecule has 1 unspecified atom stereocenters. The fourth-order valence-electron chi connectivity index (χ4n) is 2.65. The highest BCUT2D eigenvalue weighted by atomic mass is 32.2. The number of hydrogen-bond donors (Lipinski definition) is 0. The lowest BCUT2D eigenvalue weighted by molar-refractivity contribution is 0.0747. The van der Waals surface area contributed by atoms with Crippen LogP contribution in [0.4, 0.5) is 0 Å². The zero-order valence-electron chi connectivity index (χ0n) is 13.7. The summed E-state index contributed by atoms with van der Waals surface area (Å²) >= 11 is 0. The molecule has 128 valence electrons. The Morgan fingerprint density at radius 2 is 1.70 bits per heavy atom. The molecule has 23 heavy (non-hydrogen) atoms. The minimum absolute atomic E-state index is 0.000333. The van der Waals surface area contributed by atoms with Crippen LogP contribution >= 0.6 is 0 Å². The van der Waals surface area contributed by atoms with Crippen LogP contribution in [0.1, 0.15) is 16.8 Å². The maximum absolute atomic E-state index is 12.7. The van der Waals surface area contributed by atoms with Gasteiger partial charge < -0.3 is 19.1 Å². The first-order valence-electron chi connectivity index (χ1n) is 7.10. The van der Waals surface area contributed by atoms with E-state index in [4.69, 9.17) is 14.2 Å². The molecule has 1 aliphatic heterocycles. The van der Waals surface area contributed by atoms with Gasteiger partial charge in [0.25, 0.3) is 5.91 Å². The summed E-state index contributed by atoms with van der Waals surface area (Å²) in [6.07, 6.45) is 0.453. The summed E-state index contributed by atoms with van der Waals surface area (Å²) in [5.74, 6) is 0.985. The molecular formula is C15H21NO6S. The van der Waals surface area contributed by atoms with Gasteiger partial charge >= 0.3 is 0 Å².